The maximum atomic E-state index is 13.7. The summed E-state index contributed by atoms with van der Waals surface area (Å²) in [6.45, 7) is 0. The molecule has 0 spiro atoms. The van der Waals surface area contributed by atoms with Crippen molar-refractivity contribution in [3.05, 3.63) is 41.1 Å². The van der Waals surface area contributed by atoms with Crippen LogP contribution in [0.4, 0.5) is 44.3 Å². The van der Waals surface area contributed by atoms with Gasteiger partial charge in [0.05, 0.1) is 0 Å². The van der Waals surface area contributed by atoms with E-state index in [1.807, 2.05) is 0 Å². The molecule has 2 aliphatic rings. The number of carbonyl (C=O) groups is 1. The van der Waals surface area contributed by atoms with Crippen LogP contribution in [0.5, 0.6) is 5.75 Å². The first-order chi connectivity index (χ1) is 13.2. The molecule has 1 aliphatic carbocycles. The first-order valence-corrected chi connectivity index (χ1v) is 8.82. The summed E-state index contributed by atoms with van der Waals surface area (Å²) >= 11 is 0.145. The zero-order chi connectivity index (χ0) is 21.8. The maximum absolute atomic E-state index is 13.7. The van der Waals surface area contributed by atoms with Crippen LogP contribution >= 0.6 is 11.8 Å². The second-order valence-electron chi connectivity index (χ2n) is 6.25. The van der Waals surface area contributed by atoms with E-state index in [-0.39, 0.29) is 17.5 Å². The number of thioether (sulfide) groups is 1. The van der Waals surface area contributed by atoms with Crippen LogP contribution in [0.3, 0.4) is 0 Å². The molecule has 1 aromatic carbocycles. The number of alkyl halides is 9. The summed E-state index contributed by atoms with van der Waals surface area (Å²) in [6, 6.07) is 6.69. The molecule has 0 unspecified atom stereocenters. The number of fused-ring (bicyclic) bond motifs is 1. The van der Waals surface area contributed by atoms with Crippen LogP contribution < -0.4 is 10.1 Å². The predicted octanol–water partition coefficient (Wildman–Crippen LogP) is 5.17. The van der Waals surface area contributed by atoms with E-state index < -0.39 is 46.6 Å². The molecule has 0 saturated heterocycles. The summed E-state index contributed by atoms with van der Waals surface area (Å²) in [4.78, 5) is 11.8. The van der Waals surface area contributed by atoms with E-state index in [2.05, 4.69) is 0 Å². The van der Waals surface area contributed by atoms with Crippen molar-refractivity contribution >= 4 is 17.0 Å². The zero-order valence-corrected chi connectivity index (χ0v) is 14.7. The van der Waals surface area contributed by atoms with E-state index in [0.717, 1.165) is 10.9 Å². The lowest BCUT2D eigenvalue weighted by molar-refractivity contribution is -0.274. The Balaban J connectivity index is 1.76. The van der Waals surface area contributed by atoms with E-state index in [1.165, 1.54) is 0 Å². The number of carbonyl (C=O) groups excluding carboxylic acids is 1. The smallest absolute Gasteiger partial charge is 0.420 e. The highest BCUT2D eigenvalue weighted by Crippen LogP contribution is 2.61. The molecule has 0 saturated carbocycles. The number of amides is 1. The quantitative estimate of drug-likeness (QED) is 0.645. The lowest BCUT2D eigenvalue weighted by Gasteiger charge is -2.25. The van der Waals surface area contributed by atoms with Crippen LogP contribution in [0.25, 0.3) is 0 Å². The van der Waals surface area contributed by atoms with Crippen molar-refractivity contribution in [3.63, 3.8) is 0 Å². The van der Waals surface area contributed by atoms with Crippen molar-refractivity contribution < 1.29 is 49.0 Å². The minimum Gasteiger partial charge on any atom is -0.489 e. The minimum atomic E-state index is -6.37. The van der Waals surface area contributed by atoms with Gasteiger partial charge in [0.1, 0.15) is 23.1 Å². The Labute approximate surface area is 161 Å². The van der Waals surface area contributed by atoms with Gasteiger partial charge in [-0.15, -0.1) is 0 Å². The van der Waals surface area contributed by atoms with Gasteiger partial charge in [-0.3, -0.25) is 4.79 Å². The lowest BCUT2D eigenvalue weighted by Crippen LogP contribution is -2.51. The first kappa shape index (κ1) is 21.7. The molecule has 3 nitrogen and oxygen atoms in total. The maximum Gasteiger partial charge on any atom is 0.420 e. The Kier molecular flexibility index (Phi) is 5.03. The molecule has 3 rings (SSSR count). The average molecular weight is 451 g/mol. The van der Waals surface area contributed by atoms with Gasteiger partial charge in [-0.1, -0.05) is 30.0 Å². The third-order valence-electron chi connectivity index (χ3n) is 4.29. The largest absolute Gasteiger partial charge is 0.489 e. The highest BCUT2D eigenvalue weighted by Gasteiger charge is 2.84. The van der Waals surface area contributed by atoms with Crippen LogP contribution in [-0.2, 0) is 6.42 Å². The summed E-state index contributed by atoms with van der Waals surface area (Å²) < 4.78 is 125. The van der Waals surface area contributed by atoms with Crippen LogP contribution in [0.15, 0.2) is 35.5 Å². The molecule has 1 heterocycles. The van der Waals surface area contributed by atoms with Crippen LogP contribution in [0.2, 0.25) is 0 Å². The van der Waals surface area contributed by atoms with E-state index in [4.69, 9.17) is 4.74 Å². The Hall–Kier alpha value is -2.05. The van der Waals surface area contributed by atoms with E-state index in [0.29, 0.717) is 12.2 Å². The first-order valence-electron chi connectivity index (χ1n) is 7.83. The number of nitrogens with one attached hydrogen (secondary N) is 1. The molecular formula is C16H10F9NO2S. The van der Waals surface area contributed by atoms with Crippen molar-refractivity contribution in [2.75, 3.05) is 5.75 Å². The number of rotatable bonds is 3. The predicted molar refractivity (Wildman–Crippen MR) is 83.5 cm³/mol. The van der Waals surface area contributed by atoms with Gasteiger partial charge in [0, 0.05) is 12.2 Å². The second-order valence-corrected chi connectivity index (χ2v) is 7.24. The minimum absolute atomic E-state index is 0.145. The van der Waals surface area contributed by atoms with Crippen LogP contribution in [0.1, 0.15) is 5.56 Å². The van der Waals surface area contributed by atoms with Crippen molar-refractivity contribution in [2.24, 2.45) is 0 Å². The van der Waals surface area contributed by atoms with Gasteiger partial charge in [0.25, 0.3) is 5.24 Å². The molecule has 0 aromatic heterocycles. The summed E-state index contributed by atoms with van der Waals surface area (Å²) in [5.74, 6) is -18.3. The molecule has 1 N–H and O–H groups in total. The van der Waals surface area contributed by atoms with Gasteiger partial charge in [0.2, 0.25) is 0 Å². The number of hydrogen-bond donors (Lipinski definition) is 1. The van der Waals surface area contributed by atoms with E-state index in [1.54, 1.807) is 24.3 Å². The van der Waals surface area contributed by atoms with Crippen LogP contribution in [-0.4, -0.2) is 41.0 Å². The number of benzene rings is 1. The van der Waals surface area contributed by atoms with Gasteiger partial charge in [-0.2, -0.15) is 39.5 Å². The number of ether oxygens (including phenoxy) is 1. The Morgan fingerprint density at radius 1 is 1.10 bits per heavy atom. The molecule has 0 fully saturated rings. The molecular weight excluding hydrogens is 441 g/mol. The number of para-hydroxylation sites is 1. The van der Waals surface area contributed by atoms with E-state index in [9.17, 15) is 44.3 Å². The van der Waals surface area contributed by atoms with Crippen molar-refractivity contribution in [1.82, 2.24) is 5.32 Å². The molecule has 0 radical (unpaired) electrons. The van der Waals surface area contributed by atoms with Crippen molar-refractivity contribution in [1.29, 1.82) is 0 Å². The topological polar surface area (TPSA) is 38.3 Å². The second kappa shape index (κ2) is 6.74. The zero-order valence-electron chi connectivity index (χ0n) is 13.9. The molecule has 0 bridgehead atoms. The highest BCUT2D eigenvalue weighted by molar-refractivity contribution is 8.13. The fraction of sp³-hybridized carbons (Fsp3) is 0.438. The average Bonchev–Trinajstić information content (AvgIpc) is 3.04. The number of allylic oxidation sites excluding steroid dienone is 2. The van der Waals surface area contributed by atoms with Crippen molar-refractivity contribution in [2.45, 2.75) is 36.5 Å². The van der Waals surface area contributed by atoms with Gasteiger partial charge in [0.15, 0.2) is 0 Å². The van der Waals surface area contributed by atoms with E-state index >= 15 is 0 Å². The molecule has 13 heteroatoms. The van der Waals surface area contributed by atoms with Crippen molar-refractivity contribution in [3.8, 4) is 5.75 Å². The molecule has 1 amide bonds. The molecule has 1 aromatic rings. The Bertz CT molecular complexity index is 841. The Morgan fingerprint density at radius 3 is 2.31 bits per heavy atom. The summed E-state index contributed by atoms with van der Waals surface area (Å²) in [5, 5.41) is -0.730. The van der Waals surface area contributed by atoms with Gasteiger partial charge in [-0.05, 0) is 11.6 Å². The standard InChI is InChI=1S/C16H10F9NO2S/c17-13(18)10(15(21,22)23)11(14(19,20)16(13,24)25)26-12(27)29-6-8-5-7-3-1-2-4-9(7)28-8/h1-4,8H,5-6H2,(H,26,27)/t8-/m1/s1. The van der Waals surface area contributed by atoms with Gasteiger partial charge < -0.3 is 10.1 Å². The fourth-order valence-electron chi connectivity index (χ4n) is 2.94. The molecule has 29 heavy (non-hydrogen) atoms. The molecule has 1 aliphatic heterocycles. The summed E-state index contributed by atoms with van der Waals surface area (Å²) in [5.41, 5.74) is -5.56. The van der Waals surface area contributed by atoms with Gasteiger partial charge in [-0.25, -0.2) is 0 Å². The van der Waals surface area contributed by atoms with Crippen LogP contribution in [0, 0.1) is 0 Å². The third-order valence-corrected chi connectivity index (χ3v) is 5.19. The fourth-order valence-corrected chi connectivity index (χ4v) is 3.64. The normalized spacial score (nSPS) is 24.2. The highest BCUT2D eigenvalue weighted by atomic mass is 32.2. The lowest BCUT2D eigenvalue weighted by atomic mass is 10.1. The summed E-state index contributed by atoms with van der Waals surface area (Å²) in [7, 11) is 0. The third kappa shape index (κ3) is 3.42. The number of hydrogen-bond acceptors (Lipinski definition) is 3. The Morgan fingerprint density at radius 2 is 1.72 bits per heavy atom. The molecule has 1 atom stereocenters. The van der Waals surface area contributed by atoms with Gasteiger partial charge >= 0.3 is 23.9 Å². The monoisotopic (exact) mass is 451 g/mol. The summed E-state index contributed by atoms with van der Waals surface area (Å²) in [6.07, 6.45) is -6.57. The molecule has 160 valence electrons. The SMILES string of the molecule is O=C(NC1=C(C(F)(F)F)C(F)(F)C(F)(F)C1(F)F)SC[C@H]1Cc2ccccc2O1. The number of halogens is 9.